The summed E-state index contributed by atoms with van der Waals surface area (Å²) in [5.41, 5.74) is -0.898. The van der Waals surface area contributed by atoms with Crippen LogP contribution in [0.2, 0.25) is 0 Å². The van der Waals surface area contributed by atoms with E-state index in [4.69, 9.17) is 0 Å². The van der Waals surface area contributed by atoms with Crippen molar-refractivity contribution in [3.8, 4) is 0 Å². The van der Waals surface area contributed by atoms with Crippen molar-refractivity contribution in [2.45, 2.75) is 37.8 Å². The second-order valence-electron chi connectivity index (χ2n) is 4.46. The lowest BCUT2D eigenvalue weighted by Crippen LogP contribution is -2.38. The van der Waals surface area contributed by atoms with Crippen molar-refractivity contribution in [3.05, 3.63) is 29.8 Å². The van der Waals surface area contributed by atoms with Crippen LogP contribution in [0.15, 0.2) is 29.2 Å². The molecule has 1 saturated heterocycles. The third-order valence-corrected chi connectivity index (χ3v) is 5.01. The van der Waals surface area contributed by atoms with Crippen LogP contribution in [0.4, 0.5) is 13.2 Å². The fraction of sp³-hybridized carbons (Fsp3) is 0.500. The monoisotopic (exact) mass is 337 g/mol. The van der Waals surface area contributed by atoms with Crippen molar-refractivity contribution in [2.75, 3.05) is 13.1 Å². The molecule has 0 aliphatic carbocycles. The van der Waals surface area contributed by atoms with E-state index in [0.717, 1.165) is 28.6 Å². The topological polar surface area (TPSA) is 54.5 Å². The van der Waals surface area contributed by atoms with E-state index in [0.29, 0.717) is 0 Å². The van der Waals surface area contributed by atoms with Crippen LogP contribution in [-0.4, -0.2) is 31.6 Å². The molecule has 1 heterocycles. The van der Waals surface area contributed by atoms with Crippen LogP contribution >= 0.6 is 0 Å². The van der Waals surface area contributed by atoms with Crippen molar-refractivity contribution in [2.24, 2.45) is 0 Å². The summed E-state index contributed by atoms with van der Waals surface area (Å²) in [6.45, 7) is 4.14. The van der Waals surface area contributed by atoms with Crippen molar-refractivity contribution in [3.63, 3.8) is 0 Å². The van der Waals surface area contributed by atoms with Gasteiger partial charge in [0.2, 0.25) is 10.0 Å². The van der Waals surface area contributed by atoms with Gasteiger partial charge in [-0.3, -0.25) is 4.79 Å². The Morgan fingerprint density at radius 2 is 1.45 bits per heavy atom. The number of rotatable bonds is 2. The van der Waals surface area contributed by atoms with Gasteiger partial charge in [0.25, 0.3) is 0 Å². The van der Waals surface area contributed by atoms with Crippen LogP contribution in [0, 0.1) is 0 Å². The van der Waals surface area contributed by atoms with E-state index in [2.05, 4.69) is 0 Å². The maximum Gasteiger partial charge on any atom is 0.416 e. The first-order valence-electron chi connectivity index (χ1n) is 6.90. The summed E-state index contributed by atoms with van der Waals surface area (Å²) in [6.07, 6.45) is -4.22. The predicted octanol–water partition coefficient (Wildman–Crippen LogP) is 3.09. The molecule has 1 aromatic carbocycles. The zero-order valence-electron chi connectivity index (χ0n) is 12.4. The second kappa shape index (κ2) is 7.23. The first-order chi connectivity index (χ1) is 10.2. The molecule has 0 bridgehead atoms. The van der Waals surface area contributed by atoms with Crippen molar-refractivity contribution >= 4 is 15.8 Å². The molecule has 2 rings (SSSR count). The lowest BCUT2D eigenvalue weighted by molar-refractivity contribution is -0.137. The highest BCUT2D eigenvalue weighted by Gasteiger charge is 2.32. The van der Waals surface area contributed by atoms with Crippen molar-refractivity contribution in [1.82, 2.24) is 4.31 Å². The number of nitrogens with zero attached hydrogens (tertiary/aromatic N) is 1. The van der Waals surface area contributed by atoms with E-state index >= 15 is 0 Å². The van der Waals surface area contributed by atoms with Gasteiger partial charge < -0.3 is 0 Å². The number of halogens is 3. The summed E-state index contributed by atoms with van der Waals surface area (Å²) >= 11 is 0. The maximum absolute atomic E-state index is 12.4. The van der Waals surface area contributed by atoms with Gasteiger partial charge in [0, 0.05) is 25.9 Å². The molecular weight excluding hydrogens is 319 g/mol. The maximum atomic E-state index is 12.4. The zero-order valence-corrected chi connectivity index (χ0v) is 13.2. The molecule has 0 N–H and O–H groups in total. The highest BCUT2D eigenvalue weighted by atomic mass is 32.2. The minimum absolute atomic E-state index is 0.0103. The van der Waals surface area contributed by atoms with Crippen LogP contribution < -0.4 is 0 Å². The molecule has 0 aromatic heterocycles. The SMILES string of the molecule is CC.O=C1CCN(S(=O)(=O)c2ccc(C(F)(F)F)cc2)CC1. The van der Waals surface area contributed by atoms with Crippen molar-refractivity contribution in [1.29, 1.82) is 0 Å². The molecule has 124 valence electrons. The Morgan fingerprint density at radius 1 is 1.00 bits per heavy atom. The predicted molar refractivity (Wildman–Crippen MR) is 75.8 cm³/mol. The van der Waals surface area contributed by atoms with E-state index in [1.54, 1.807) is 0 Å². The Labute approximate surface area is 128 Å². The molecule has 0 atom stereocenters. The molecule has 22 heavy (non-hydrogen) atoms. The van der Waals surface area contributed by atoms with Crippen LogP contribution in [0.5, 0.6) is 0 Å². The Balaban J connectivity index is 0.00000116. The van der Waals surface area contributed by atoms with Gasteiger partial charge >= 0.3 is 6.18 Å². The van der Waals surface area contributed by atoms with Gasteiger partial charge in [0.1, 0.15) is 5.78 Å². The molecule has 1 aliphatic rings. The second-order valence-corrected chi connectivity index (χ2v) is 6.40. The molecule has 0 spiro atoms. The smallest absolute Gasteiger partial charge is 0.300 e. The lowest BCUT2D eigenvalue weighted by Gasteiger charge is -2.25. The van der Waals surface area contributed by atoms with Gasteiger partial charge in [-0.1, -0.05) is 13.8 Å². The molecule has 1 fully saturated rings. The summed E-state index contributed by atoms with van der Waals surface area (Å²) in [6, 6.07) is 3.35. The third kappa shape index (κ3) is 4.30. The summed E-state index contributed by atoms with van der Waals surface area (Å²) in [5.74, 6) is -0.0103. The number of piperidine rings is 1. The Hall–Kier alpha value is -1.41. The summed E-state index contributed by atoms with van der Waals surface area (Å²) in [5, 5.41) is 0. The van der Waals surface area contributed by atoms with E-state index < -0.39 is 21.8 Å². The average molecular weight is 337 g/mol. The van der Waals surface area contributed by atoms with Gasteiger partial charge in [-0.05, 0) is 24.3 Å². The Kier molecular flexibility index (Phi) is 6.13. The molecule has 0 unspecified atom stereocenters. The highest BCUT2D eigenvalue weighted by molar-refractivity contribution is 7.89. The Morgan fingerprint density at radius 3 is 1.86 bits per heavy atom. The van der Waals surface area contributed by atoms with Gasteiger partial charge in [0.15, 0.2) is 0 Å². The van der Waals surface area contributed by atoms with Gasteiger partial charge in [-0.15, -0.1) is 0 Å². The number of Topliss-reactive ketones (excluding diaryl/α,β-unsaturated/α-hetero) is 1. The number of hydrogen-bond acceptors (Lipinski definition) is 3. The fourth-order valence-electron chi connectivity index (χ4n) is 1.94. The molecule has 0 radical (unpaired) electrons. The highest BCUT2D eigenvalue weighted by Crippen LogP contribution is 2.30. The van der Waals surface area contributed by atoms with E-state index in [-0.39, 0.29) is 36.6 Å². The molecule has 8 heteroatoms. The minimum atomic E-state index is -4.50. The number of benzene rings is 1. The summed E-state index contributed by atoms with van der Waals surface area (Å²) in [7, 11) is -3.83. The number of hydrogen-bond donors (Lipinski definition) is 0. The van der Waals surface area contributed by atoms with Crippen LogP contribution in [0.3, 0.4) is 0 Å². The number of alkyl halides is 3. The van der Waals surface area contributed by atoms with Gasteiger partial charge in [-0.25, -0.2) is 8.42 Å². The first-order valence-corrected chi connectivity index (χ1v) is 8.34. The third-order valence-electron chi connectivity index (χ3n) is 3.10. The quantitative estimate of drug-likeness (QED) is 0.833. The van der Waals surface area contributed by atoms with Crippen LogP contribution in [0.25, 0.3) is 0 Å². The minimum Gasteiger partial charge on any atom is -0.300 e. The average Bonchev–Trinajstić information content (AvgIpc) is 2.49. The van der Waals surface area contributed by atoms with Crippen LogP contribution in [0.1, 0.15) is 32.3 Å². The molecule has 1 aliphatic heterocycles. The van der Waals surface area contributed by atoms with E-state index in [1.807, 2.05) is 13.8 Å². The molecular formula is C14H18F3NO3S. The van der Waals surface area contributed by atoms with E-state index in [1.165, 1.54) is 0 Å². The zero-order chi connectivity index (χ0) is 17.0. The Bertz CT molecular complexity index is 599. The molecule has 0 amide bonds. The van der Waals surface area contributed by atoms with Crippen LogP contribution in [-0.2, 0) is 21.0 Å². The van der Waals surface area contributed by atoms with Gasteiger partial charge in [0.05, 0.1) is 10.5 Å². The number of carbonyl (C=O) groups excluding carboxylic acids is 1. The largest absolute Gasteiger partial charge is 0.416 e. The first kappa shape index (κ1) is 18.6. The summed E-state index contributed by atoms with van der Waals surface area (Å²) in [4.78, 5) is 10.9. The van der Waals surface area contributed by atoms with Crippen molar-refractivity contribution < 1.29 is 26.4 Å². The van der Waals surface area contributed by atoms with E-state index in [9.17, 15) is 26.4 Å². The molecule has 4 nitrogen and oxygen atoms in total. The number of sulfonamides is 1. The lowest BCUT2D eigenvalue weighted by atomic mass is 10.1. The number of ketones is 1. The molecule has 0 saturated carbocycles. The normalized spacial score (nSPS) is 16.9. The van der Waals surface area contributed by atoms with Gasteiger partial charge in [-0.2, -0.15) is 17.5 Å². The standard InChI is InChI=1S/C12H12F3NO3S.C2H6/c13-12(14,15)9-1-3-11(4-2-9)20(18,19)16-7-5-10(17)6-8-16;1-2/h1-4H,5-8H2;1-2H3. The summed E-state index contributed by atoms with van der Waals surface area (Å²) < 4.78 is 62.7. The number of carbonyl (C=O) groups is 1. The fourth-order valence-corrected chi connectivity index (χ4v) is 3.38. The molecule has 1 aromatic rings.